The molecule has 9 aromatic carbocycles. The molecule has 0 bridgehead atoms. The number of halogens is 3. The van der Waals surface area contributed by atoms with Gasteiger partial charge in [-0.3, -0.25) is 4.57 Å². The average Bonchev–Trinajstić information content (AvgIpc) is 2.79. The number of para-hydroxylation sites is 3. The zero-order chi connectivity index (χ0) is 58.3. The molecule has 0 spiro atoms. The summed E-state index contributed by atoms with van der Waals surface area (Å²) in [5.41, 5.74) is 14.5. The monoisotopic (exact) mass is 1100 g/mol. The molecule has 0 amide bonds. The van der Waals surface area contributed by atoms with Gasteiger partial charge in [-0.15, -0.1) is 0 Å². The molecule has 2 aromatic heterocycles. The second-order valence-corrected chi connectivity index (χ2v) is 25.6. The van der Waals surface area contributed by atoms with E-state index < -0.39 is 17.5 Å². The maximum absolute atomic E-state index is 16.9. The summed E-state index contributed by atoms with van der Waals surface area (Å²) in [6, 6.07) is 64.3. The van der Waals surface area contributed by atoms with E-state index in [1.165, 1.54) is 11.1 Å². The van der Waals surface area contributed by atoms with Crippen molar-refractivity contribution in [3.8, 4) is 61.8 Å². The number of ether oxygens (including phenoxy) is 1. The Hall–Kier alpha value is -8.88. The van der Waals surface area contributed by atoms with Crippen LogP contribution in [0.3, 0.4) is 0 Å². The molecule has 1 aliphatic heterocycles. The Balaban J connectivity index is 1.07. The molecule has 83 heavy (non-hydrogen) atoms. The molecule has 0 atom stereocenters. The lowest BCUT2D eigenvalue weighted by molar-refractivity contribution is 0.483. The number of anilines is 4. The molecular formula is C75H69F3N4O. The molecule has 11 aromatic rings. The fourth-order valence-corrected chi connectivity index (χ4v) is 11.8. The van der Waals surface area contributed by atoms with Crippen molar-refractivity contribution in [2.75, 3.05) is 16.5 Å². The molecule has 0 radical (unpaired) electrons. The van der Waals surface area contributed by atoms with E-state index >= 15 is 13.2 Å². The highest BCUT2D eigenvalue weighted by molar-refractivity contribution is 6.09. The minimum absolute atomic E-state index is 0.0846. The summed E-state index contributed by atoms with van der Waals surface area (Å²) >= 11 is 0. The van der Waals surface area contributed by atoms with Gasteiger partial charge in [0.15, 0.2) is 0 Å². The van der Waals surface area contributed by atoms with E-state index in [1.54, 1.807) is 0 Å². The molecule has 8 heteroatoms. The highest BCUT2D eigenvalue weighted by Crippen LogP contribution is 2.54. The van der Waals surface area contributed by atoms with Crippen LogP contribution in [0.1, 0.15) is 104 Å². The van der Waals surface area contributed by atoms with E-state index in [2.05, 4.69) is 218 Å². The van der Waals surface area contributed by atoms with Gasteiger partial charge in [0, 0.05) is 58.0 Å². The van der Waals surface area contributed by atoms with Crippen molar-refractivity contribution in [3.05, 3.63) is 240 Å². The summed E-state index contributed by atoms with van der Waals surface area (Å²) in [6.07, 6.45) is 1.89. The Kier molecular flexibility index (Phi) is 13.7. The van der Waals surface area contributed by atoms with Crippen LogP contribution < -0.4 is 14.5 Å². The second-order valence-electron chi connectivity index (χ2n) is 25.6. The highest BCUT2D eigenvalue weighted by atomic mass is 19.1. The van der Waals surface area contributed by atoms with Gasteiger partial charge in [0.05, 0.1) is 33.7 Å². The first kappa shape index (κ1) is 54.7. The fraction of sp³-hybridized carbons (Fsp3) is 0.213. The standard InChI is InChI=1S/C75H69F3N4O/c1-46(2)58-23-15-16-24-59(58)50-35-55(43-57(36-50)83-56-29-30-61-60-25-17-18-26-66(60)82(69(61)44-56)70-40-51(31-32-79-70)73(3,4)5)80-45-81(68-28-20-19-27-67(68)80)72-62(49-33-52(74(6,7)8)39-53(34-49)75(9,10)11)37-48(47-21-13-12-14-22-47)38-63(72)71-64(77)41-54(76)42-65(71)78/h12-44,46H,45H2,1-11H3. The van der Waals surface area contributed by atoms with Gasteiger partial charge in [-0.1, -0.05) is 179 Å². The van der Waals surface area contributed by atoms with E-state index in [0.29, 0.717) is 22.7 Å². The van der Waals surface area contributed by atoms with Crippen LogP contribution in [0.4, 0.5) is 35.9 Å². The van der Waals surface area contributed by atoms with Crippen molar-refractivity contribution >= 4 is 44.6 Å². The SMILES string of the molecule is CC(C)c1ccccc1-c1cc(Oc2ccc3c4ccccc4n(-c4cc(C(C)(C)C)ccn4)c3c2)cc(N2CN(c3c(-c4cc(C(C)(C)C)cc(C(C)(C)C)c4)cc(-c4ccccc4)cc3-c3c(F)cc(F)cc3F)c3ccccc32)c1. The highest BCUT2D eigenvalue weighted by Gasteiger charge is 2.35. The van der Waals surface area contributed by atoms with Crippen molar-refractivity contribution < 1.29 is 17.9 Å². The zero-order valence-corrected chi connectivity index (χ0v) is 49.2. The maximum atomic E-state index is 16.9. The summed E-state index contributed by atoms with van der Waals surface area (Å²) < 4.78 is 58.3. The molecule has 0 fully saturated rings. The topological polar surface area (TPSA) is 33.5 Å². The van der Waals surface area contributed by atoms with Gasteiger partial charge in [-0.2, -0.15) is 0 Å². The number of benzene rings is 9. The number of rotatable bonds is 10. The smallest absolute Gasteiger partial charge is 0.137 e. The van der Waals surface area contributed by atoms with E-state index in [4.69, 9.17) is 9.72 Å². The Morgan fingerprint density at radius 3 is 1.75 bits per heavy atom. The number of pyridine rings is 1. The van der Waals surface area contributed by atoms with Crippen molar-refractivity contribution in [1.82, 2.24) is 9.55 Å². The molecular weight excluding hydrogens is 1030 g/mol. The molecule has 0 N–H and O–H groups in total. The van der Waals surface area contributed by atoms with Crippen molar-refractivity contribution in [2.24, 2.45) is 0 Å². The van der Waals surface area contributed by atoms with Crippen LogP contribution in [-0.4, -0.2) is 16.2 Å². The first-order valence-electron chi connectivity index (χ1n) is 28.7. The minimum Gasteiger partial charge on any atom is -0.457 e. The molecule has 0 aliphatic carbocycles. The van der Waals surface area contributed by atoms with Gasteiger partial charge in [-0.05, 0) is 139 Å². The van der Waals surface area contributed by atoms with Gasteiger partial charge in [0.25, 0.3) is 0 Å². The molecule has 5 nitrogen and oxygen atoms in total. The normalized spacial score (nSPS) is 13.0. The van der Waals surface area contributed by atoms with Crippen LogP contribution in [0.2, 0.25) is 0 Å². The fourth-order valence-electron chi connectivity index (χ4n) is 11.8. The molecule has 3 heterocycles. The van der Waals surface area contributed by atoms with Gasteiger partial charge in [0.1, 0.15) is 41.4 Å². The number of nitrogens with zero attached hydrogens (tertiary/aromatic N) is 4. The molecule has 416 valence electrons. The van der Waals surface area contributed by atoms with E-state index in [9.17, 15) is 0 Å². The Bertz CT molecular complexity index is 4250. The quantitative estimate of drug-likeness (QED) is 0.137. The summed E-state index contributed by atoms with van der Waals surface area (Å²) in [5, 5.41) is 2.20. The predicted molar refractivity (Wildman–Crippen MR) is 339 cm³/mol. The van der Waals surface area contributed by atoms with Gasteiger partial charge in [-0.25, -0.2) is 18.2 Å². The zero-order valence-electron chi connectivity index (χ0n) is 49.2. The van der Waals surface area contributed by atoms with E-state index in [0.717, 1.165) is 101 Å². The van der Waals surface area contributed by atoms with Crippen LogP contribution in [0, 0.1) is 17.5 Å². The van der Waals surface area contributed by atoms with Gasteiger partial charge < -0.3 is 14.5 Å². The molecule has 1 aliphatic rings. The maximum Gasteiger partial charge on any atom is 0.137 e. The Morgan fingerprint density at radius 1 is 0.458 bits per heavy atom. The average molecular weight is 1100 g/mol. The predicted octanol–water partition coefficient (Wildman–Crippen LogP) is 21.3. The van der Waals surface area contributed by atoms with Gasteiger partial charge in [0.2, 0.25) is 0 Å². The first-order valence-corrected chi connectivity index (χ1v) is 28.7. The van der Waals surface area contributed by atoms with E-state index in [1.807, 2.05) is 60.8 Å². The molecule has 0 saturated carbocycles. The van der Waals surface area contributed by atoms with Gasteiger partial charge >= 0.3 is 0 Å². The third-order valence-corrected chi connectivity index (χ3v) is 16.3. The van der Waals surface area contributed by atoms with Crippen LogP contribution in [0.15, 0.2) is 200 Å². The first-order chi connectivity index (χ1) is 39.6. The summed E-state index contributed by atoms with van der Waals surface area (Å²) in [6.45, 7) is 24.5. The summed E-state index contributed by atoms with van der Waals surface area (Å²) in [4.78, 5) is 9.36. The summed E-state index contributed by atoms with van der Waals surface area (Å²) in [5.74, 6) is -0.646. The molecule has 12 rings (SSSR count). The van der Waals surface area contributed by atoms with Crippen molar-refractivity contribution in [3.63, 3.8) is 0 Å². The lowest BCUT2D eigenvalue weighted by Gasteiger charge is -2.30. The number of fused-ring (bicyclic) bond motifs is 4. The van der Waals surface area contributed by atoms with Crippen molar-refractivity contribution in [1.29, 1.82) is 0 Å². The van der Waals surface area contributed by atoms with Crippen LogP contribution in [0.25, 0.3) is 72.1 Å². The van der Waals surface area contributed by atoms with Crippen LogP contribution >= 0.6 is 0 Å². The minimum atomic E-state index is -0.991. The van der Waals surface area contributed by atoms with Crippen LogP contribution in [-0.2, 0) is 16.2 Å². The van der Waals surface area contributed by atoms with E-state index in [-0.39, 0.29) is 34.4 Å². The Morgan fingerprint density at radius 2 is 1.06 bits per heavy atom. The third kappa shape index (κ3) is 10.3. The summed E-state index contributed by atoms with van der Waals surface area (Å²) in [7, 11) is 0. The largest absolute Gasteiger partial charge is 0.457 e. The molecule has 0 unspecified atom stereocenters. The third-order valence-electron chi connectivity index (χ3n) is 16.3. The Labute approximate surface area is 486 Å². The van der Waals surface area contributed by atoms with Crippen LogP contribution in [0.5, 0.6) is 11.5 Å². The lowest BCUT2D eigenvalue weighted by atomic mass is 9.78. The number of aromatic nitrogens is 2. The van der Waals surface area contributed by atoms with Crippen molar-refractivity contribution in [2.45, 2.75) is 98.3 Å². The second kappa shape index (κ2) is 20.8. The number of hydrogen-bond acceptors (Lipinski definition) is 4. The lowest BCUT2D eigenvalue weighted by Crippen LogP contribution is -2.25. The number of hydrogen-bond donors (Lipinski definition) is 0. The molecule has 0 saturated heterocycles.